The van der Waals surface area contributed by atoms with Crippen LogP contribution in [0.1, 0.15) is 32.6 Å². The minimum atomic E-state index is -0.113. The van der Waals surface area contributed by atoms with Gasteiger partial charge in [0.15, 0.2) is 0 Å². The van der Waals surface area contributed by atoms with E-state index >= 15 is 0 Å². The first-order valence-electron chi connectivity index (χ1n) is 10.4. The molecule has 0 aromatic rings. The summed E-state index contributed by atoms with van der Waals surface area (Å²) in [6.45, 7) is 6.60. The Labute approximate surface area is 170 Å². The average Bonchev–Trinajstić information content (AvgIpc) is 2.68. The highest BCUT2D eigenvalue weighted by Gasteiger charge is 2.18. The van der Waals surface area contributed by atoms with Crippen molar-refractivity contribution in [2.75, 3.05) is 66.3 Å². The van der Waals surface area contributed by atoms with Gasteiger partial charge in [0.05, 0.1) is 50.8 Å². The molecule has 0 bridgehead atoms. The van der Waals surface area contributed by atoms with E-state index in [2.05, 4.69) is 0 Å². The topological polar surface area (TPSA) is 150 Å². The number of rotatable bonds is 21. The lowest BCUT2D eigenvalue weighted by Crippen LogP contribution is -2.34. The van der Waals surface area contributed by atoms with Gasteiger partial charge < -0.3 is 46.6 Å². The van der Waals surface area contributed by atoms with E-state index in [1.165, 1.54) is 0 Å². The van der Waals surface area contributed by atoms with E-state index in [0.29, 0.717) is 72.1 Å². The lowest BCUT2D eigenvalue weighted by Gasteiger charge is -2.26. The number of nitrogens with two attached hydrogens (primary N) is 4. The van der Waals surface area contributed by atoms with Gasteiger partial charge in [0.2, 0.25) is 0 Å². The summed E-state index contributed by atoms with van der Waals surface area (Å²) in [6, 6.07) is 0. The highest BCUT2D eigenvalue weighted by Crippen LogP contribution is 2.09. The van der Waals surface area contributed by atoms with E-state index < -0.39 is 0 Å². The van der Waals surface area contributed by atoms with Crippen molar-refractivity contribution in [3.63, 3.8) is 0 Å². The molecule has 0 aliphatic carbocycles. The van der Waals surface area contributed by atoms with Gasteiger partial charge in [0.25, 0.3) is 0 Å². The maximum atomic E-state index is 6.03. The van der Waals surface area contributed by atoms with Gasteiger partial charge in [0.1, 0.15) is 0 Å². The molecule has 28 heavy (non-hydrogen) atoms. The molecule has 0 radical (unpaired) electrons. The Bertz CT molecular complexity index is 287. The van der Waals surface area contributed by atoms with Crippen LogP contribution in [0, 0.1) is 0 Å². The van der Waals surface area contributed by atoms with Crippen molar-refractivity contribution in [3.8, 4) is 0 Å². The van der Waals surface area contributed by atoms with Gasteiger partial charge in [-0.2, -0.15) is 0 Å². The molecule has 0 rings (SSSR count). The molecule has 0 saturated carbocycles. The summed E-state index contributed by atoms with van der Waals surface area (Å²) < 4.78 is 28.7. The molecule has 0 heterocycles. The number of ether oxygens (including phenoxy) is 5. The Hall–Kier alpha value is -0.360. The smallest absolute Gasteiger partial charge is 0.0822 e. The molecular formula is C19H44N4O5. The second-order valence-electron chi connectivity index (χ2n) is 6.71. The first-order valence-corrected chi connectivity index (χ1v) is 10.4. The summed E-state index contributed by atoms with van der Waals surface area (Å²) in [5.74, 6) is 0. The summed E-state index contributed by atoms with van der Waals surface area (Å²) in [4.78, 5) is 0. The predicted molar refractivity (Wildman–Crippen MR) is 111 cm³/mol. The third-order valence-corrected chi connectivity index (χ3v) is 4.26. The molecule has 0 aromatic carbocycles. The fourth-order valence-corrected chi connectivity index (χ4v) is 2.75. The zero-order valence-electron chi connectivity index (χ0n) is 17.9. The molecule has 0 saturated heterocycles. The van der Waals surface area contributed by atoms with Crippen LogP contribution in [-0.4, -0.2) is 90.7 Å². The van der Waals surface area contributed by atoms with Crippen molar-refractivity contribution in [1.82, 2.24) is 0 Å². The Balaban J connectivity index is 4.49. The first kappa shape index (κ1) is 27.6. The van der Waals surface area contributed by atoms with E-state index in [9.17, 15) is 0 Å². The maximum absolute atomic E-state index is 6.03. The molecule has 9 nitrogen and oxygen atoms in total. The molecule has 0 fully saturated rings. The second kappa shape index (κ2) is 19.9. The molecule has 0 aromatic heterocycles. The van der Waals surface area contributed by atoms with Crippen LogP contribution in [0.3, 0.4) is 0 Å². The number of hydrogen-bond donors (Lipinski definition) is 4. The Morgan fingerprint density at radius 1 is 0.536 bits per heavy atom. The van der Waals surface area contributed by atoms with Gasteiger partial charge in [-0.05, 0) is 58.8 Å². The fraction of sp³-hybridized carbons (Fsp3) is 1.00. The summed E-state index contributed by atoms with van der Waals surface area (Å²) in [7, 11) is 1.65. The normalized spacial score (nSPS) is 16.1. The highest BCUT2D eigenvalue weighted by molar-refractivity contribution is 4.67. The molecule has 4 atom stereocenters. The van der Waals surface area contributed by atoms with Crippen LogP contribution in [0.15, 0.2) is 0 Å². The van der Waals surface area contributed by atoms with Crippen LogP contribution in [-0.2, 0) is 23.7 Å². The molecule has 0 spiro atoms. The zero-order valence-corrected chi connectivity index (χ0v) is 17.9. The minimum Gasteiger partial charge on any atom is -0.382 e. The van der Waals surface area contributed by atoms with Crippen LogP contribution in [0.25, 0.3) is 0 Å². The van der Waals surface area contributed by atoms with Gasteiger partial charge in [-0.25, -0.2) is 0 Å². The summed E-state index contributed by atoms with van der Waals surface area (Å²) >= 11 is 0. The molecule has 0 aliphatic heterocycles. The van der Waals surface area contributed by atoms with Crippen molar-refractivity contribution in [2.45, 2.75) is 57.0 Å². The minimum absolute atomic E-state index is 0.00971. The largest absolute Gasteiger partial charge is 0.382 e. The van der Waals surface area contributed by atoms with Crippen LogP contribution >= 0.6 is 0 Å². The molecule has 8 N–H and O–H groups in total. The van der Waals surface area contributed by atoms with E-state index in [0.717, 1.165) is 12.8 Å². The van der Waals surface area contributed by atoms with Crippen molar-refractivity contribution >= 4 is 0 Å². The van der Waals surface area contributed by atoms with Crippen LogP contribution in [0.4, 0.5) is 0 Å². The molecule has 170 valence electrons. The zero-order chi connectivity index (χ0) is 21.0. The van der Waals surface area contributed by atoms with E-state index in [1.807, 2.05) is 6.92 Å². The number of hydrogen-bond acceptors (Lipinski definition) is 9. The Kier molecular flexibility index (Phi) is 19.7. The summed E-state index contributed by atoms with van der Waals surface area (Å²) in [5, 5.41) is 0. The quantitative estimate of drug-likeness (QED) is 0.199. The molecular weight excluding hydrogens is 364 g/mol. The average molecular weight is 409 g/mol. The highest BCUT2D eigenvalue weighted by atomic mass is 16.6. The van der Waals surface area contributed by atoms with Crippen molar-refractivity contribution in [3.05, 3.63) is 0 Å². The molecule has 0 aliphatic rings. The van der Waals surface area contributed by atoms with Gasteiger partial charge in [-0.15, -0.1) is 0 Å². The van der Waals surface area contributed by atoms with Crippen molar-refractivity contribution < 1.29 is 23.7 Å². The fourth-order valence-electron chi connectivity index (χ4n) is 2.75. The van der Waals surface area contributed by atoms with Crippen LogP contribution < -0.4 is 22.9 Å². The van der Waals surface area contributed by atoms with E-state index in [-0.39, 0.29) is 24.4 Å². The van der Waals surface area contributed by atoms with Crippen molar-refractivity contribution in [1.29, 1.82) is 0 Å². The SMILES string of the molecule is CCOC(CCN)COC(CCN)COC(CCN)COC(CCN)COC. The lowest BCUT2D eigenvalue weighted by atomic mass is 10.2. The van der Waals surface area contributed by atoms with Gasteiger partial charge in [-0.1, -0.05) is 0 Å². The van der Waals surface area contributed by atoms with E-state index in [1.54, 1.807) is 7.11 Å². The lowest BCUT2D eigenvalue weighted by molar-refractivity contribution is -0.106. The van der Waals surface area contributed by atoms with Gasteiger partial charge in [-0.3, -0.25) is 0 Å². The van der Waals surface area contributed by atoms with Crippen LogP contribution in [0.2, 0.25) is 0 Å². The summed E-state index contributed by atoms with van der Waals surface area (Å²) in [6.07, 6.45) is 2.63. The molecule has 0 amide bonds. The predicted octanol–water partition coefficient (Wildman–Crippen LogP) is -0.411. The summed E-state index contributed by atoms with van der Waals surface area (Å²) in [5.41, 5.74) is 22.7. The molecule has 4 unspecified atom stereocenters. The standard InChI is InChI=1S/C19H44N4O5/c1-3-25-17(5-9-21)13-27-19(7-11-23)15-28-18(6-10-22)14-26-16(4-8-20)12-24-2/h16-19H,3-15,20-23H2,1-2H3. The van der Waals surface area contributed by atoms with Gasteiger partial charge in [0, 0.05) is 13.7 Å². The number of methoxy groups -OCH3 is 1. The Morgan fingerprint density at radius 3 is 1.14 bits per heavy atom. The van der Waals surface area contributed by atoms with E-state index in [4.69, 9.17) is 46.6 Å². The van der Waals surface area contributed by atoms with Crippen LogP contribution in [0.5, 0.6) is 0 Å². The third kappa shape index (κ3) is 14.6. The van der Waals surface area contributed by atoms with Crippen molar-refractivity contribution in [2.24, 2.45) is 22.9 Å². The first-order chi connectivity index (χ1) is 13.6. The Morgan fingerprint density at radius 2 is 0.857 bits per heavy atom. The third-order valence-electron chi connectivity index (χ3n) is 4.26. The monoisotopic (exact) mass is 408 g/mol. The van der Waals surface area contributed by atoms with Gasteiger partial charge >= 0.3 is 0 Å². The molecule has 9 heteroatoms. The second-order valence-corrected chi connectivity index (χ2v) is 6.71. The maximum Gasteiger partial charge on any atom is 0.0822 e.